The Bertz CT molecular complexity index is 3440. The molecule has 4 aliphatic heterocycles. The van der Waals surface area contributed by atoms with E-state index in [2.05, 4.69) is 127 Å². The van der Waals surface area contributed by atoms with Crippen LogP contribution in [0.15, 0.2) is 137 Å². The topological polar surface area (TPSA) is 128 Å². The van der Waals surface area contributed by atoms with E-state index >= 15 is 0 Å². The highest BCUT2D eigenvalue weighted by Gasteiger charge is 2.59. The first-order valence-electron chi connectivity index (χ1n) is 29.4. The van der Waals surface area contributed by atoms with Gasteiger partial charge in [-0.25, -0.2) is 0 Å². The van der Waals surface area contributed by atoms with Crippen LogP contribution in [-0.4, -0.2) is 97.0 Å². The van der Waals surface area contributed by atoms with Gasteiger partial charge in [-0.1, -0.05) is 130 Å². The van der Waals surface area contributed by atoms with Crippen LogP contribution in [0.3, 0.4) is 0 Å². The Hall–Kier alpha value is -7.42. The van der Waals surface area contributed by atoms with Crippen molar-refractivity contribution in [1.82, 2.24) is 19.2 Å². The molecule has 2 aromatic heterocycles. The second-order valence-corrected chi connectivity index (χ2v) is 23.0. The number of fused-ring (bicyclic) bond motifs is 12. The van der Waals surface area contributed by atoms with E-state index in [1.807, 2.05) is 19.2 Å². The molecule has 14 heteroatoms. The van der Waals surface area contributed by atoms with Crippen LogP contribution in [0.1, 0.15) is 131 Å². The number of pyridine rings is 2. The molecule has 4 aromatic carbocycles. The Kier molecular flexibility index (Phi) is 14.0. The largest absolute Gasteiger partial charge is 0.487 e. The van der Waals surface area contributed by atoms with Crippen molar-refractivity contribution < 1.29 is 28.5 Å². The standard InChI is InChI=1S/C33H37N3O4.C33H35N3O4/c2*1-2-3-16-40-31-29(37)12-15-35-30(31)32(38)34(21-23-13-17-39-18-14-23)22-36(35)33-26(19-24-8-4-6-10-27(24)33)20-25-9-5-7-11-28(25)33/h4-12,15,23,26H,2-3,13-14,16-22H2,1H3;4-12,15,19,23H,2-3,13-14,16-18,20-22H2,1H3. The second-order valence-electron chi connectivity index (χ2n) is 23.0. The zero-order valence-electron chi connectivity index (χ0n) is 46.2. The van der Waals surface area contributed by atoms with Crippen molar-refractivity contribution in [1.29, 1.82) is 0 Å². The van der Waals surface area contributed by atoms with Gasteiger partial charge in [-0.05, 0) is 120 Å². The fourth-order valence-corrected chi connectivity index (χ4v) is 14.6. The summed E-state index contributed by atoms with van der Waals surface area (Å²) in [4.78, 5) is 58.9. The molecule has 0 N–H and O–H groups in total. The molecule has 6 heterocycles. The fraction of sp³-hybridized carbons (Fsp3) is 0.424. The van der Waals surface area contributed by atoms with Gasteiger partial charge in [-0.15, -0.1) is 0 Å². The van der Waals surface area contributed by atoms with Crippen molar-refractivity contribution in [3.05, 3.63) is 204 Å². The quantitative estimate of drug-likeness (QED) is 0.0975. The minimum Gasteiger partial charge on any atom is -0.487 e. The molecule has 0 spiro atoms. The highest BCUT2D eigenvalue weighted by molar-refractivity contribution is 5.97. The lowest BCUT2D eigenvalue weighted by Crippen LogP contribution is -2.64. The Labute approximate surface area is 468 Å². The summed E-state index contributed by atoms with van der Waals surface area (Å²) in [7, 11) is 0. The van der Waals surface area contributed by atoms with Gasteiger partial charge in [0.2, 0.25) is 10.9 Å². The molecule has 8 aliphatic rings. The van der Waals surface area contributed by atoms with Crippen LogP contribution in [0.25, 0.3) is 6.08 Å². The summed E-state index contributed by atoms with van der Waals surface area (Å²) in [5.74, 6) is 1.09. The van der Waals surface area contributed by atoms with E-state index in [-0.39, 0.29) is 34.2 Å². The summed E-state index contributed by atoms with van der Waals surface area (Å²) in [6.07, 6.45) is 15.9. The van der Waals surface area contributed by atoms with E-state index in [4.69, 9.17) is 18.9 Å². The molecule has 14 nitrogen and oxygen atoms in total. The maximum Gasteiger partial charge on any atom is 0.277 e. The monoisotopic (exact) mass is 1080 g/mol. The number of amides is 2. The molecule has 80 heavy (non-hydrogen) atoms. The van der Waals surface area contributed by atoms with Gasteiger partial charge in [0.1, 0.15) is 24.4 Å². The molecule has 4 aliphatic carbocycles. The normalized spacial score (nSPS) is 22.5. The predicted molar refractivity (Wildman–Crippen MR) is 307 cm³/mol. The molecule has 414 valence electrons. The van der Waals surface area contributed by atoms with Crippen LogP contribution in [-0.2, 0) is 39.8 Å². The first-order chi connectivity index (χ1) is 39.2. The number of ether oxygens (including phenoxy) is 4. The summed E-state index contributed by atoms with van der Waals surface area (Å²) >= 11 is 0. The van der Waals surface area contributed by atoms with Gasteiger partial charge in [-0.3, -0.25) is 38.5 Å². The lowest BCUT2D eigenvalue weighted by molar-refractivity contribution is 0.0383. The highest BCUT2D eigenvalue weighted by Crippen LogP contribution is 2.58. The van der Waals surface area contributed by atoms with Crippen molar-refractivity contribution in [3.63, 3.8) is 0 Å². The zero-order chi connectivity index (χ0) is 54.5. The smallest absolute Gasteiger partial charge is 0.277 e. The highest BCUT2D eigenvalue weighted by atomic mass is 16.5. The number of hydrogen-bond acceptors (Lipinski definition) is 10. The van der Waals surface area contributed by atoms with Crippen LogP contribution in [0.2, 0.25) is 0 Å². The number of aromatic nitrogens is 2. The van der Waals surface area contributed by atoms with Crippen molar-refractivity contribution in [2.75, 3.05) is 76.1 Å². The minimum atomic E-state index is -0.591. The molecule has 2 amide bonds. The number of hydrogen-bond donors (Lipinski definition) is 0. The third-order valence-corrected chi connectivity index (χ3v) is 18.4. The van der Waals surface area contributed by atoms with Gasteiger partial charge < -0.3 is 28.7 Å². The third kappa shape index (κ3) is 8.49. The van der Waals surface area contributed by atoms with Crippen molar-refractivity contribution >= 4 is 17.9 Å². The molecular formula is C66H72N6O8. The number of nitrogens with zero attached hydrogens (tertiary/aromatic N) is 6. The second kappa shape index (κ2) is 21.6. The van der Waals surface area contributed by atoms with Crippen LogP contribution < -0.4 is 30.3 Å². The van der Waals surface area contributed by atoms with Gasteiger partial charge in [-0.2, -0.15) is 0 Å². The number of carbonyl (C=O) groups is 2. The molecule has 0 saturated carbocycles. The number of unbranched alkanes of at least 4 members (excludes halogenated alkanes) is 2. The maximum absolute atomic E-state index is 14.3. The van der Waals surface area contributed by atoms with Gasteiger partial charge in [0.05, 0.1) is 13.2 Å². The molecule has 6 aromatic rings. The van der Waals surface area contributed by atoms with Crippen LogP contribution in [0.5, 0.6) is 11.5 Å². The summed E-state index contributed by atoms with van der Waals surface area (Å²) in [5, 5.41) is 4.68. The van der Waals surface area contributed by atoms with Gasteiger partial charge in [0.25, 0.3) is 11.8 Å². The number of benzene rings is 4. The maximum atomic E-state index is 14.3. The molecule has 14 rings (SSSR count). The van der Waals surface area contributed by atoms with Crippen LogP contribution in [0.4, 0.5) is 0 Å². The first-order valence-corrected chi connectivity index (χ1v) is 29.4. The van der Waals surface area contributed by atoms with E-state index < -0.39 is 11.1 Å². The SMILES string of the molecule is CCCCOc1c2n(ccc1=O)N(C13C(=Cc4ccccc41)Cc1ccccc13)CN(CC1CCOCC1)C2=O.CCCCOc1c2n(ccc1=O)N(C13c4ccccc4CC1Cc1ccccc13)CN(CC1CCOCC1)C2=O. The van der Waals surface area contributed by atoms with E-state index in [1.54, 1.807) is 24.5 Å². The Morgan fingerprint density at radius 2 is 1.00 bits per heavy atom. The zero-order valence-corrected chi connectivity index (χ0v) is 46.2. The summed E-state index contributed by atoms with van der Waals surface area (Å²) < 4.78 is 27.3. The average molecular weight is 1080 g/mol. The molecular weight excluding hydrogens is 1000 g/mol. The molecule has 2 fully saturated rings. The van der Waals surface area contributed by atoms with Crippen LogP contribution >= 0.6 is 0 Å². The Morgan fingerprint density at radius 1 is 0.537 bits per heavy atom. The molecule has 2 saturated heterocycles. The summed E-state index contributed by atoms with van der Waals surface area (Å²) in [6.45, 7) is 9.98. The number of carbonyl (C=O) groups excluding carboxylic acids is 2. The minimum absolute atomic E-state index is 0.127. The Balaban J connectivity index is 0.000000151. The van der Waals surface area contributed by atoms with E-state index in [0.29, 0.717) is 68.8 Å². The first kappa shape index (κ1) is 52.0. The van der Waals surface area contributed by atoms with E-state index in [1.165, 1.54) is 50.1 Å². The van der Waals surface area contributed by atoms with Gasteiger partial charge >= 0.3 is 0 Å². The van der Waals surface area contributed by atoms with Crippen molar-refractivity contribution in [2.45, 2.75) is 95.6 Å². The lowest BCUT2D eigenvalue weighted by Gasteiger charge is -2.51. The van der Waals surface area contributed by atoms with E-state index in [9.17, 15) is 19.2 Å². The molecule has 0 bridgehead atoms. The van der Waals surface area contributed by atoms with Gasteiger partial charge in [0, 0.05) is 70.0 Å². The molecule has 0 radical (unpaired) electrons. The number of rotatable bonds is 14. The fourth-order valence-electron chi connectivity index (χ4n) is 14.6. The molecule has 1 atom stereocenters. The summed E-state index contributed by atoms with van der Waals surface area (Å²) in [5.41, 5.74) is 10.6. The van der Waals surface area contributed by atoms with Crippen molar-refractivity contribution in [2.24, 2.45) is 17.8 Å². The molecule has 1 unspecified atom stereocenters. The lowest BCUT2D eigenvalue weighted by atomic mass is 9.81. The predicted octanol–water partition coefficient (Wildman–Crippen LogP) is 9.18. The third-order valence-electron chi connectivity index (χ3n) is 18.4. The average Bonchev–Trinajstić information content (AvgIpc) is 4.35. The van der Waals surface area contributed by atoms with E-state index in [0.717, 1.165) is 97.1 Å². The van der Waals surface area contributed by atoms with Gasteiger partial charge in [0.15, 0.2) is 22.9 Å². The van der Waals surface area contributed by atoms with Crippen molar-refractivity contribution in [3.8, 4) is 11.5 Å². The summed E-state index contributed by atoms with van der Waals surface area (Å²) in [6, 6.07) is 37.8. The van der Waals surface area contributed by atoms with Crippen LogP contribution in [0, 0.1) is 17.8 Å². The Morgan fingerprint density at radius 3 is 1.54 bits per heavy atom.